The van der Waals surface area contributed by atoms with Crippen molar-refractivity contribution in [2.75, 3.05) is 68.8 Å². The Bertz CT molecular complexity index is 734. The molecule has 2 fully saturated rings. The number of piperazine rings is 1. The molecule has 0 aliphatic carbocycles. The van der Waals surface area contributed by atoms with Gasteiger partial charge in [-0.2, -0.15) is 0 Å². The van der Waals surface area contributed by atoms with Crippen molar-refractivity contribution >= 4 is 22.3 Å². The topological polar surface area (TPSA) is 31.8 Å². The normalized spacial score (nSPS) is 19.6. The second kappa shape index (κ2) is 7.18. The predicted octanol–water partition coefficient (Wildman–Crippen LogP) is 2.52. The third-order valence-electron chi connectivity index (χ3n) is 5.43. The number of anilines is 2. The summed E-state index contributed by atoms with van der Waals surface area (Å²) in [5.74, 6) is 1.15. The molecule has 3 heterocycles. The Kier molecular flexibility index (Phi) is 4.77. The van der Waals surface area contributed by atoms with E-state index in [0.717, 1.165) is 70.5 Å². The molecule has 0 spiro atoms. The fourth-order valence-corrected chi connectivity index (χ4v) is 3.97. The molecule has 0 unspecified atom stereocenters. The molecule has 0 amide bonds. The first kappa shape index (κ1) is 16.6. The maximum atomic E-state index is 5.53. The molecule has 0 saturated carbocycles. The minimum absolute atomic E-state index is 0.812. The van der Waals surface area contributed by atoms with E-state index in [-0.39, 0.29) is 0 Å². The van der Waals surface area contributed by atoms with E-state index >= 15 is 0 Å². The second-order valence-corrected chi connectivity index (χ2v) is 6.98. The van der Waals surface area contributed by atoms with Crippen molar-refractivity contribution in [3.63, 3.8) is 0 Å². The fraction of sp³-hybridized carbons (Fsp3) is 0.550. The Balaban J connectivity index is 1.73. The van der Waals surface area contributed by atoms with E-state index in [4.69, 9.17) is 9.72 Å². The van der Waals surface area contributed by atoms with Crippen LogP contribution in [0, 0.1) is 6.92 Å². The van der Waals surface area contributed by atoms with E-state index in [1.807, 2.05) is 0 Å². The second-order valence-electron chi connectivity index (χ2n) is 6.98. The highest BCUT2D eigenvalue weighted by molar-refractivity contribution is 6.01. The highest BCUT2D eigenvalue weighted by Crippen LogP contribution is 2.33. The van der Waals surface area contributed by atoms with E-state index in [9.17, 15) is 0 Å². The van der Waals surface area contributed by atoms with Gasteiger partial charge in [0.1, 0.15) is 5.82 Å². The van der Waals surface area contributed by atoms with Crippen LogP contribution < -0.4 is 9.80 Å². The van der Waals surface area contributed by atoms with Crippen molar-refractivity contribution in [3.05, 3.63) is 30.0 Å². The zero-order valence-corrected chi connectivity index (χ0v) is 15.4. The van der Waals surface area contributed by atoms with Crippen LogP contribution in [-0.4, -0.2) is 68.9 Å². The van der Waals surface area contributed by atoms with Crippen LogP contribution in [0.3, 0.4) is 0 Å². The van der Waals surface area contributed by atoms with Crippen LogP contribution in [0.1, 0.15) is 12.6 Å². The lowest BCUT2D eigenvalue weighted by molar-refractivity contribution is 0.123. The van der Waals surface area contributed by atoms with Gasteiger partial charge in [0.05, 0.1) is 13.2 Å². The molecule has 134 valence electrons. The van der Waals surface area contributed by atoms with Crippen molar-refractivity contribution in [1.82, 2.24) is 9.88 Å². The first-order chi connectivity index (χ1) is 12.3. The van der Waals surface area contributed by atoms with Gasteiger partial charge in [0.2, 0.25) is 0 Å². The maximum Gasteiger partial charge on any atom is 0.136 e. The number of benzene rings is 1. The largest absolute Gasteiger partial charge is 0.378 e. The lowest BCUT2D eigenvalue weighted by Crippen LogP contribution is -2.46. The third-order valence-corrected chi connectivity index (χ3v) is 5.43. The molecular weight excluding hydrogens is 312 g/mol. The number of rotatable bonds is 3. The minimum atomic E-state index is 0.812. The molecule has 0 bridgehead atoms. The Morgan fingerprint density at radius 2 is 1.72 bits per heavy atom. The molecule has 1 aromatic heterocycles. The highest BCUT2D eigenvalue weighted by atomic mass is 16.5. The van der Waals surface area contributed by atoms with E-state index in [2.05, 4.69) is 52.8 Å². The zero-order chi connectivity index (χ0) is 17.2. The molecule has 0 N–H and O–H groups in total. The number of fused-ring (bicyclic) bond motifs is 1. The number of morpholine rings is 1. The van der Waals surface area contributed by atoms with Gasteiger partial charge in [-0.1, -0.05) is 19.1 Å². The molecular formula is C20H28N4O. The summed E-state index contributed by atoms with van der Waals surface area (Å²) in [5.41, 5.74) is 2.42. The van der Waals surface area contributed by atoms with Crippen LogP contribution in [0.4, 0.5) is 11.5 Å². The standard InChI is InChI=1S/C20H28N4O/c1-3-22-7-9-24(10-8-22)20-17-5-4-6-19(18(17)15-16(2)21-20)23-11-13-25-14-12-23/h4-6,15H,3,7-14H2,1-2H3. The number of hydrogen-bond donors (Lipinski definition) is 0. The van der Waals surface area contributed by atoms with Crippen molar-refractivity contribution in [3.8, 4) is 0 Å². The summed E-state index contributed by atoms with van der Waals surface area (Å²) in [6.45, 7) is 13.4. The number of likely N-dealkylation sites (N-methyl/N-ethyl adjacent to an activating group) is 1. The van der Waals surface area contributed by atoms with Crippen molar-refractivity contribution in [1.29, 1.82) is 0 Å². The van der Waals surface area contributed by atoms with Crippen LogP contribution in [0.5, 0.6) is 0 Å². The summed E-state index contributed by atoms with van der Waals surface area (Å²) in [4.78, 5) is 12.3. The van der Waals surface area contributed by atoms with Gasteiger partial charge >= 0.3 is 0 Å². The van der Waals surface area contributed by atoms with Gasteiger partial charge in [-0.25, -0.2) is 4.98 Å². The van der Waals surface area contributed by atoms with Crippen LogP contribution in [0.15, 0.2) is 24.3 Å². The number of aryl methyl sites for hydroxylation is 1. The number of nitrogens with zero attached hydrogens (tertiary/aromatic N) is 4. The summed E-state index contributed by atoms with van der Waals surface area (Å²) >= 11 is 0. The average molecular weight is 340 g/mol. The molecule has 5 heteroatoms. The first-order valence-electron chi connectivity index (χ1n) is 9.46. The molecule has 1 aromatic carbocycles. The van der Waals surface area contributed by atoms with Crippen molar-refractivity contribution in [2.24, 2.45) is 0 Å². The molecule has 0 radical (unpaired) electrons. The van der Waals surface area contributed by atoms with E-state index in [1.165, 1.54) is 16.5 Å². The van der Waals surface area contributed by atoms with Crippen molar-refractivity contribution in [2.45, 2.75) is 13.8 Å². The van der Waals surface area contributed by atoms with Gasteiger partial charge in [0, 0.05) is 61.4 Å². The number of ether oxygens (including phenoxy) is 1. The molecule has 2 aromatic rings. The predicted molar refractivity (Wildman–Crippen MR) is 104 cm³/mol. The molecule has 4 rings (SSSR count). The Morgan fingerprint density at radius 3 is 2.44 bits per heavy atom. The van der Waals surface area contributed by atoms with Crippen LogP contribution >= 0.6 is 0 Å². The first-order valence-corrected chi connectivity index (χ1v) is 9.46. The smallest absolute Gasteiger partial charge is 0.136 e. The van der Waals surface area contributed by atoms with E-state index in [0.29, 0.717) is 0 Å². The van der Waals surface area contributed by atoms with Gasteiger partial charge in [-0.15, -0.1) is 0 Å². The SMILES string of the molecule is CCN1CCN(c2nc(C)cc3c(N4CCOCC4)cccc23)CC1. The molecule has 0 atom stereocenters. The van der Waals surface area contributed by atoms with Crippen LogP contribution in [-0.2, 0) is 4.74 Å². The van der Waals surface area contributed by atoms with Gasteiger partial charge in [0.15, 0.2) is 0 Å². The lowest BCUT2D eigenvalue weighted by Gasteiger charge is -2.36. The fourth-order valence-electron chi connectivity index (χ4n) is 3.97. The minimum Gasteiger partial charge on any atom is -0.378 e. The number of aromatic nitrogens is 1. The van der Waals surface area contributed by atoms with Gasteiger partial charge in [-0.3, -0.25) is 0 Å². The molecule has 2 aliphatic heterocycles. The summed E-state index contributed by atoms with van der Waals surface area (Å²) in [5, 5.41) is 2.60. The quantitative estimate of drug-likeness (QED) is 0.857. The molecule has 5 nitrogen and oxygen atoms in total. The Labute approximate surface area is 150 Å². The lowest BCUT2D eigenvalue weighted by atomic mass is 10.1. The summed E-state index contributed by atoms with van der Waals surface area (Å²) < 4.78 is 5.53. The summed E-state index contributed by atoms with van der Waals surface area (Å²) in [6, 6.07) is 8.89. The molecule has 25 heavy (non-hydrogen) atoms. The zero-order valence-electron chi connectivity index (χ0n) is 15.4. The number of pyridine rings is 1. The molecule has 2 saturated heterocycles. The van der Waals surface area contributed by atoms with E-state index in [1.54, 1.807) is 0 Å². The summed E-state index contributed by atoms with van der Waals surface area (Å²) in [6.07, 6.45) is 0. The van der Waals surface area contributed by atoms with Gasteiger partial charge < -0.3 is 19.4 Å². The Hall–Kier alpha value is -1.85. The monoisotopic (exact) mass is 340 g/mol. The number of hydrogen-bond acceptors (Lipinski definition) is 5. The molecule has 2 aliphatic rings. The summed E-state index contributed by atoms with van der Waals surface area (Å²) in [7, 11) is 0. The van der Waals surface area contributed by atoms with Gasteiger partial charge in [-0.05, 0) is 25.6 Å². The highest BCUT2D eigenvalue weighted by Gasteiger charge is 2.21. The van der Waals surface area contributed by atoms with Crippen LogP contribution in [0.2, 0.25) is 0 Å². The average Bonchev–Trinajstić information content (AvgIpc) is 2.67. The van der Waals surface area contributed by atoms with Gasteiger partial charge in [0.25, 0.3) is 0 Å². The maximum absolute atomic E-state index is 5.53. The third kappa shape index (κ3) is 3.31. The van der Waals surface area contributed by atoms with Crippen LogP contribution in [0.25, 0.3) is 10.8 Å². The van der Waals surface area contributed by atoms with E-state index < -0.39 is 0 Å². The van der Waals surface area contributed by atoms with Crippen molar-refractivity contribution < 1.29 is 4.74 Å². The Morgan fingerprint density at radius 1 is 0.960 bits per heavy atom.